The maximum Gasteiger partial charge on any atom is 0.310 e. The molecular formula is C22H17BrN4O5. The summed E-state index contributed by atoms with van der Waals surface area (Å²) in [7, 11) is 0. The van der Waals surface area contributed by atoms with E-state index in [1.807, 2.05) is 24.3 Å². The zero-order valence-corrected chi connectivity index (χ0v) is 18.2. The molecule has 0 radical (unpaired) electrons. The number of furan rings is 1. The number of nitrogens with one attached hydrogen (secondary N) is 1. The number of anilines is 1. The molecule has 0 saturated carbocycles. The lowest BCUT2D eigenvalue weighted by Crippen LogP contribution is -2.10. The zero-order chi connectivity index (χ0) is 22.5. The van der Waals surface area contributed by atoms with Crippen molar-refractivity contribution in [3.05, 3.63) is 105 Å². The van der Waals surface area contributed by atoms with Crippen molar-refractivity contribution in [3.8, 4) is 5.75 Å². The van der Waals surface area contributed by atoms with Crippen molar-refractivity contribution in [1.29, 1.82) is 0 Å². The van der Waals surface area contributed by atoms with Crippen LogP contribution in [0.1, 0.15) is 21.9 Å². The van der Waals surface area contributed by atoms with Crippen molar-refractivity contribution in [1.82, 2.24) is 9.78 Å². The van der Waals surface area contributed by atoms with Gasteiger partial charge in [0.1, 0.15) is 12.4 Å². The van der Waals surface area contributed by atoms with Gasteiger partial charge in [-0.1, -0.05) is 40.2 Å². The molecule has 0 fully saturated rings. The molecule has 1 N–H and O–H groups in total. The van der Waals surface area contributed by atoms with E-state index in [-0.39, 0.29) is 23.8 Å². The van der Waals surface area contributed by atoms with Crippen LogP contribution in [0.3, 0.4) is 0 Å². The number of nitro groups is 1. The number of carbonyl (C=O) groups excluding carboxylic acids is 1. The lowest BCUT2D eigenvalue weighted by atomic mass is 10.2. The first-order chi connectivity index (χ1) is 15.5. The van der Waals surface area contributed by atoms with Crippen LogP contribution in [0.4, 0.5) is 11.4 Å². The highest BCUT2D eigenvalue weighted by atomic mass is 79.9. The van der Waals surface area contributed by atoms with Crippen LogP contribution in [-0.4, -0.2) is 20.6 Å². The minimum absolute atomic E-state index is 0.0523. The summed E-state index contributed by atoms with van der Waals surface area (Å²) in [6.45, 7) is 0.514. The third kappa shape index (κ3) is 5.22. The van der Waals surface area contributed by atoms with Gasteiger partial charge < -0.3 is 14.5 Å². The monoisotopic (exact) mass is 496 g/mol. The molecule has 32 heavy (non-hydrogen) atoms. The van der Waals surface area contributed by atoms with Crippen molar-refractivity contribution in [3.63, 3.8) is 0 Å². The Morgan fingerprint density at radius 1 is 1.16 bits per heavy atom. The number of nitrogens with zero attached hydrogens (tertiary/aromatic N) is 3. The Labute approximate surface area is 190 Å². The van der Waals surface area contributed by atoms with Gasteiger partial charge in [-0.2, -0.15) is 5.10 Å². The molecule has 4 rings (SSSR count). The molecule has 1 amide bonds. The van der Waals surface area contributed by atoms with Crippen LogP contribution in [0.25, 0.3) is 0 Å². The molecule has 0 atom stereocenters. The Balaban J connectivity index is 1.35. The summed E-state index contributed by atoms with van der Waals surface area (Å²) in [6.07, 6.45) is 3.28. The van der Waals surface area contributed by atoms with Gasteiger partial charge in [-0.15, -0.1) is 0 Å². The SMILES string of the molecule is O=C(Nc1cnn(Cc2ccc(Br)cc2)c1)c1ccc(COc2ccccc2[N+](=O)[O-])o1. The van der Waals surface area contributed by atoms with Crippen molar-refractivity contribution < 1.29 is 18.9 Å². The zero-order valence-electron chi connectivity index (χ0n) is 16.6. The molecule has 10 heteroatoms. The molecule has 9 nitrogen and oxygen atoms in total. The standard InChI is InChI=1S/C22H17BrN4O5/c23-16-7-5-15(6-8-16)12-26-13-17(11-24-26)25-22(28)21-10-9-18(32-21)14-31-20-4-2-1-3-19(20)27(29)30/h1-11,13H,12,14H2,(H,25,28). The number of rotatable bonds is 8. The number of amides is 1. The van der Waals surface area contributed by atoms with E-state index in [1.165, 1.54) is 18.2 Å². The molecule has 0 bridgehead atoms. The summed E-state index contributed by atoms with van der Waals surface area (Å²) in [5, 5.41) is 18.0. The molecule has 2 aromatic heterocycles. The van der Waals surface area contributed by atoms with Crippen molar-refractivity contribution in [2.45, 2.75) is 13.2 Å². The number of nitro benzene ring substituents is 1. The van der Waals surface area contributed by atoms with Gasteiger partial charge >= 0.3 is 5.69 Å². The van der Waals surface area contributed by atoms with E-state index in [0.29, 0.717) is 18.0 Å². The smallest absolute Gasteiger partial charge is 0.310 e. The summed E-state index contributed by atoms with van der Waals surface area (Å²) in [5.74, 6) is 0.134. The van der Waals surface area contributed by atoms with Gasteiger partial charge in [0.2, 0.25) is 0 Å². The van der Waals surface area contributed by atoms with E-state index >= 15 is 0 Å². The fraction of sp³-hybridized carbons (Fsp3) is 0.0909. The Morgan fingerprint density at radius 3 is 2.72 bits per heavy atom. The lowest BCUT2D eigenvalue weighted by Gasteiger charge is -2.04. The number of aromatic nitrogens is 2. The molecule has 0 spiro atoms. The number of hydrogen-bond donors (Lipinski definition) is 1. The van der Waals surface area contributed by atoms with E-state index in [4.69, 9.17) is 9.15 Å². The predicted octanol–water partition coefficient (Wildman–Crippen LogP) is 5.03. The third-order valence-corrected chi connectivity index (χ3v) is 4.99. The molecule has 0 aliphatic rings. The molecule has 0 unspecified atom stereocenters. The van der Waals surface area contributed by atoms with Crippen LogP contribution < -0.4 is 10.1 Å². The van der Waals surface area contributed by atoms with Crippen LogP contribution in [0.5, 0.6) is 5.75 Å². The third-order valence-electron chi connectivity index (χ3n) is 4.47. The normalized spacial score (nSPS) is 10.7. The van der Waals surface area contributed by atoms with E-state index in [2.05, 4.69) is 26.3 Å². The number of halogens is 1. The number of ether oxygens (including phenoxy) is 1. The maximum atomic E-state index is 12.5. The van der Waals surface area contributed by atoms with E-state index in [0.717, 1.165) is 10.0 Å². The largest absolute Gasteiger partial charge is 0.479 e. The molecule has 0 aliphatic carbocycles. The quantitative estimate of drug-likeness (QED) is 0.270. The topological polar surface area (TPSA) is 112 Å². The second kappa shape index (κ2) is 9.48. The van der Waals surface area contributed by atoms with Gasteiger partial charge in [0.25, 0.3) is 5.91 Å². The molecule has 0 saturated heterocycles. The van der Waals surface area contributed by atoms with Gasteiger partial charge in [-0.05, 0) is 35.9 Å². The number of carbonyl (C=O) groups is 1. The van der Waals surface area contributed by atoms with Crippen molar-refractivity contribution in [2.24, 2.45) is 0 Å². The molecule has 2 heterocycles. The van der Waals surface area contributed by atoms with Crippen LogP contribution in [0.2, 0.25) is 0 Å². The summed E-state index contributed by atoms with van der Waals surface area (Å²) >= 11 is 3.40. The van der Waals surface area contributed by atoms with Gasteiger partial charge in [-0.3, -0.25) is 19.6 Å². The minimum atomic E-state index is -0.521. The fourth-order valence-electron chi connectivity index (χ4n) is 2.94. The lowest BCUT2D eigenvalue weighted by molar-refractivity contribution is -0.386. The highest BCUT2D eigenvalue weighted by molar-refractivity contribution is 9.10. The highest BCUT2D eigenvalue weighted by Crippen LogP contribution is 2.27. The van der Waals surface area contributed by atoms with Gasteiger partial charge in [0.05, 0.1) is 23.4 Å². The van der Waals surface area contributed by atoms with Crippen LogP contribution >= 0.6 is 15.9 Å². The average Bonchev–Trinajstić information content (AvgIpc) is 3.43. The Hall–Kier alpha value is -3.92. The first kappa shape index (κ1) is 21.3. The molecule has 2 aromatic carbocycles. The summed E-state index contributed by atoms with van der Waals surface area (Å²) in [6, 6.07) is 17.0. The van der Waals surface area contributed by atoms with Crippen LogP contribution in [0, 0.1) is 10.1 Å². The fourth-order valence-corrected chi connectivity index (χ4v) is 3.20. The van der Waals surface area contributed by atoms with Gasteiger partial charge in [0, 0.05) is 16.7 Å². The number of benzene rings is 2. The second-order valence-electron chi connectivity index (χ2n) is 6.79. The van der Waals surface area contributed by atoms with Crippen molar-refractivity contribution in [2.75, 3.05) is 5.32 Å². The Morgan fingerprint density at radius 2 is 1.94 bits per heavy atom. The highest BCUT2D eigenvalue weighted by Gasteiger charge is 2.16. The maximum absolute atomic E-state index is 12.5. The number of hydrogen-bond acceptors (Lipinski definition) is 6. The second-order valence-corrected chi connectivity index (χ2v) is 7.70. The Kier molecular flexibility index (Phi) is 6.31. The molecule has 162 valence electrons. The first-order valence-electron chi connectivity index (χ1n) is 9.51. The predicted molar refractivity (Wildman–Crippen MR) is 120 cm³/mol. The van der Waals surface area contributed by atoms with E-state index in [1.54, 1.807) is 35.3 Å². The van der Waals surface area contributed by atoms with E-state index < -0.39 is 10.8 Å². The van der Waals surface area contributed by atoms with Gasteiger partial charge in [-0.25, -0.2) is 0 Å². The van der Waals surface area contributed by atoms with Crippen LogP contribution in [-0.2, 0) is 13.2 Å². The van der Waals surface area contributed by atoms with Crippen LogP contribution in [0.15, 0.2) is 81.9 Å². The molecule has 4 aromatic rings. The van der Waals surface area contributed by atoms with Crippen molar-refractivity contribution >= 4 is 33.2 Å². The first-order valence-corrected chi connectivity index (χ1v) is 10.3. The average molecular weight is 497 g/mol. The summed E-state index contributed by atoms with van der Waals surface area (Å²) in [4.78, 5) is 23.0. The summed E-state index contributed by atoms with van der Waals surface area (Å²) in [5.41, 5.74) is 1.46. The number of para-hydroxylation sites is 2. The molecule has 0 aliphatic heterocycles. The molecular weight excluding hydrogens is 480 g/mol. The summed E-state index contributed by atoms with van der Waals surface area (Å²) < 4.78 is 13.7. The minimum Gasteiger partial charge on any atom is -0.479 e. The van der Waals surface area contributed by atoms with E-state index in [9.17, 15) is 14.9 Å². The van der Waals surface area contributed by atoms with Gasteiger partial charge in [0.15, 0.2) is 11.5 Å². The Bertz CT molecular complexity index is 1250.